The van der Waals surface area contributed by atoms with E-state index in [1.165, 1.54) is 19.5 Å². The van der Waals surface area contributed by atoms with Gasteiger partial charge in [-0.3, -0.25) is 9.97 Å². The molecule has 0 bridgehead atoms. The lowest BCUT2D eigenvalue weighted by atomic mass is 10.1. The van der Waals surface area contributed by atoms with Crippen LogP contribution in [0.25, 0.3) is 10.9 Å². The topological polar surface area (TPSA) is 59.5 Å². The molecule has 6 nitrogen and oxygen atoms in total. The molecule has 0 atom stereocenters. The van der Waals surface area contributed by atoms with Crippen LogP contribution in [0.5, 0.6) is 11.5 Å². The first-order valence-corrected chi connectivity index (χ1v) is 8.28. The molecule has 128 valence electrons. The summed E-state index contributed by atoms with van der Waals surface area (Å²) in [6.45, 7) is 0.400. The molecule has 0 fully saturated rings. The Morgan fingerprint density at radius 1 is 1.12 bits per heavy atom. The number of nitrogens with one attached hydrogen (secondary N) is 1. The first-order chi connectivity index (χ1) is 12.1. The van der Waals surface area contributed by atoms with Crippen LogP contribution >= 0.6 is 15.9 Å². The van der Waals surface area contributed by atoms with E-state index in [-0.39, 0.29) is 0 Å². The SMILES string of the molecule is COc1cc2ncc3c(c2cc1Br)N(c1c(F)cncc1OC)CN3. The van der Waals surface area contributed by atoms with Crippen molar-refractivity contribution in [1.29, 1.82) is 0 Å². The number of benzene rings is 1. The van der Waals surface area contributed by atoms with Gasteiger partial charge in [0.05, 0.1) is 60.8 Å². The fraction of sp³-hybridized carbons (Fsp3) is 0.176. The van der Waals surface area contributed by atoms with Crippen molar-refractivity contribution in [2.75, 3.05) is 31.1 Å². The lowest BCUT2D eigenvalue weighted by Crippen LogP contribution is -2.19. The summed E-state index contributed by atoms with van der Waals surface area (Å²) in [5, 5.41) is 4.11. The van der Waals surface area contributed by atoms with E-state index >= 15 is 0 Å². The summed E-state index contributed by atoms with van der Waals surface area (Å²) in [6, 6.07) is 3.77. The van der Waals surface area contributed by atoms with Crippen molar-refractivity contribution in [3.05, 3.63) is 41.0 Å². The summed E-state index contributed by atoms with van der Waals surface area (Å²) in [5.41, 5.74) is 2.74. The molecule has 1 aliphatic heterocycles. The lowest BCUT2D eigenvalue weighted by molar-refractivity contribution is 0.410. The maximum Gasteiger partial charge on any atom is 0.168 e. The molecule has 0 saturated carbocycles. The van der Waals surface area contributed by atoms with Gasteiger partial charge in [-0.15, -0.1) is 0 Å². The van der Waals surface area contributed by atoms with E-state index in [0.29, 0.717) is 23.9 Å². The number of halogens is 2. The fourth-order valence-corrected chi connectivity index (χ4v) is 3.52. The number of methoxy groups -OCH3 is 2. The predicted octanol–water partition coefficient (Wildman–Crippen LogP) is 4.07. The summed E-state index contributed by atoms with van der Waals surface area (Å²) in [4.78, 5) is 10.2. The Kier molecular flexibility index (Phi) is 3.84. The second-order valence-corrected chi connectivity index (χ2v) is 6.31. The number of nitrogens with zero attached hydrogens (tertiary/aromatic N) is 3. The van der Waals surface area contributed by atoms with Crippen molar-refractivity contribution in [2.45, 2.75) is 0 Å². The van der Waals surface area contributed by atoms with Gasteiger partial charge in [-0.1, -0.05) is 0 Å². The smallest absolute Gasteiger partial charge is 0.168 e. The van der Waals surface area contributed by atoms with Crippen LogP contribution in [0.3, 0.4) is 0 Å². The van der Waals surface area contributed by atoms with Crippen LogP contribution in [0.1, 0.15) is 0 Å². The zero-order valence-electron chi connectivity index (χ0n) is 13.5. The zero-order valence-corrected chi connectivity index (χ0v) is 15.1. The van der Waals surface area contributed by atoms with Gasteiger partial charge in [-0.05, 0) is 22.0 Å². The third-order valence-corrected chi connectivity index (χ3v) is 4.76. The van der Waals surface area contributed by atoms with E-state index in [1.54, 1.807) is 13.3 Å². The Balaban J connectivity index is 1.97. The van der Waals surface area contributed by atoms with Crippen molar-refractivity contribution in [1.82, 2.24) is 9.97 Å². The molecule has 0 saturated heterocycles. The van der Waals surface area contributed by atoms with Gasteiger partial charge in [0.25, 0.3) is 0 Å². The molecule has 0 spiro atoms. The average Bonchev–Trinajstić information content (AvgIpc) is 3.05. The van der Waals surface area contributed by atoms with E-state index in [2.05, 4.69) is 31.2 Å². The van der Waals surface area contributed by atoms with Gasteiger partial charge in [-0.2, -0.15) is 0 Å². The molecular formula is C17H14BrFN4O2. The summed E-state index contributed by atoms with van der Waals surface area (Å²) in [6.07, 6.45) is 4.41. The second-order valence-electron chi connectivity index (χ2n) is 5.46. The van der Waals surface area contributed by atoms with E-state index in [1.807, 2.05) is 17.0 Å². The third kappa shape index (κ3) is 2.44. The van der Waals surface area contributed by atoms with Gasteiger partial charge in [0.1, 0.15) is 11.4 Å². The van der Waals surface area contributed by atoms with Crippen LogP contribution in [0.4, 0.5) is 21.5 Å². The molecule has 1 aliphatic rings. The van der Waals surface area contributed by atoms with Crippen molar-refractivity contribution in [3.63, 3.8) is 0 Å². The van der Waals surface area contributed by atoms with Gasteiger partial charge < -0.3 is 19.7 Å². The fourth-order valence-electron chi connectivity index (χ4n) is 3.01. The van der Waals surface area contributed by atoms with Gasteiger partial charge in [0.2, 0.25) is 0 Å². The van der Waals surface area contributed by atoms with Crippen molar-refractivity contribution in [2.24, 2.45) is 0 Å². The summed E-state index contributed by atoms with van der Waals surface area (Å²) in [7, 11) is 3.10. The molecule has 8 heteroatoms. The highest BCUT2D eigenvalue weighted by molar-refractivity contribution is 9.10. The number of fused-ring (bicyclic) bond motifs is 3. The molecule has 0 radical (unpaired) electrons. The van der Waals surface area contributed by atoms with Crippen molar-refractivity contribution < 1.29 is 13.9 Å². The quantitative estimate of drug-likeness (QED) is 0.709. The second kappa shape index (κ2) is 6.03. The number of hydrogen-bond donors (Lipinski definition) is 1. The van der Waals surface area contributed by atoms with Gasteiger partial charge in [0, 0.05) is 11.5 Å². The third-order valence-electron chi connectivity index (χ3n) is 4.14. The maximum atomic E-state index is 14.5. The lowest BCUT2D eigenvalue weighted by Gasteiger charge is -2.22. The standard InChI is InChI=1S/C17H14BrFN4O2/c1-24-14-4-12-9(3-10(14)18)16-13(6-21-12)22-8-23(16)17-11(19)5-20-7-15(17)25-2/h3-7,22H,8H2,1-2H3. The molecule has 2 aromatic heterocycles. The molecule has 1 aromatic carbocycles. The van der Waals surface area contributed by atoms with E-state index in [0.717, 1.165) is 26.8 Å². The number of aromatic nitrogens is 2. The highest BCUT2D eigenvalue weighted by atomic mass is 79.9. The Hall–Kier alpha value is -2.61. The first-order valence-electron chi connectivity index (χ1n) is 7.49. The van der Waals surface area contributed by atoms with Crippen molar-refractivity contribution >= 4 is 43.9 Å². The minimum Gasteiger partial charge on any atom is -0.495 e. The summed E-state index contributed by atoms with van der Waals surface area (Å²) in [5.74, 6) is 0.601. The van der Waals surface area contributed by atoms with Gasteiger partial charge in [0.15, 0.2) is 11.6 Å². The highest BCUT2D eigenvalue weighted by Crippen LogP contribution is 2.46. The maximum absolute atomic E-state index is 14.5. The zero-order chi connectivity index (χ0) is 17.6. The van der Waals surface area contributed by atoms with E-state index in [4.69, 9.17) is 9.47 Å². The van der Waals surface area contributed by atoms with Crippen LogP contribution in [0.2, 0.25) is 0 Å². The Bertz CT molecular complexity index is 983. The number of rotatable bonds is 3. The Labute approximate surface area is 151 Å². The van der Waals surface area contributed by atoms with E-state index < -0.39 is 5.82 Å². The molecule has 0 aliphatic carbocycles. The first kappa shape index (κ1) is 15.9. The summed E-state index contributed by atoms with van der Waals surface area (Å²) >= 11 is 3.50. The Morgan fingerprint density at radius 2 is 1.92 bits per heavy atom. The number of ether oxygens (including phenoxy) is 2. The van der Waals surface area contributed by atoms with Gasteiger partial charge >= 0.3 is 0 Å². The molecule has 25 heavy (non-hydrogen) atoms. The van der Waals surface area contributed by atoms with Crippen LogP contribution < -0.4 is 19.7 Å². The molecule has 3 aromatic rings. The van der Waals surface area contributed by atoms with Crippen LogP contribution in [-0.2, 0) is 0 Å². The molecule has 0 amide bonds. The normalized spacial score (nSPS) is 12.9. The van der Waals surface area contributed by atoms with Crippen LogP contribution in [0.15, 0.2) is 35.2 Å². The van der Waals surface area contributed by atoms with Gasteiger partial charge in [-0.25, -0.2) is 4.39 Å². The van der Waals surface area contributed by atoms with Crippen LogP contribution in [0, 0.1) is 5.82 Å². The van der Waals surface area contributed by atoms with E-state index in [9.17, 15) is 4.39 Å². The number of pyridine rings is 2. The Morgan fingerprint density at radius 3 is 2.68 bits per heavy atom. The van der Waals surface area contributed by atoms with Crippen LogP contribution in [-0.4, -0.2) is 30.9 Å². The molecule has 0 unspecified atom stereocenters. The molecular weight excluding hydrogens is 391 g/mol. The average molecular weight is 405 g/mol. The van der Waals surface area contributed by atoms with Crippen molar-refractivity contribution in [3.8, 4) is 11.5 Å². The predicted molar refractivity (Wildman–Crippen MR) is 97.4 cm³/mol. The molecule has 1 N–H and O–H groups in total. The highest BCUT2D eigenvalue weighted by Gasteiger charge is 2.28. The summed E-state index contributed by atoms with van der Waals surface area (Å²) < 4.78 is 26.0. The minimum atomic E-state index is -0.452. The number of anilines is 3. The minimum absolute atomic E-state index is 0.336. The largest absolute Gasteiger partial charge is 0.495 e. The molecule has 4 rings (SSSR count). The monoisotopic (exact) mass is 404 g/mol. The molecule has 3 heterocycles. The number of hydrogen-bond acceptors (Lipinski definition) is 6.